The lowest BCUT2D eigenvalue weighted by Crippen LogP contribution is -2.18. The van der Waals surface area contributed by atoms with Crippen LogP contribution in [0.1, 0.15) is 24.1 Å². The monoisotopic (exact) mass is 355 g/mol. The summed E-state index contributed by atoms with van der Waals surface area (Å²) < 4.78 is 32.2. The van der Waals surface area contributed by atoms with Crippen LogP contribution in [0.15, 0.2) is 40.9 Å². The summed E-state index contributed by atoms with van der Waals surface area (Å²) in [5.74, 6) is -0.439. The summed E-state index contributed by atoms with van der Waals surface area (Å²) in [5.41, 5.74) is 1.78. The highest BCUT2D eigenvalue weighted by atomic mass is 79.9. The Balaban J connectivity index is 2.02. The average Bonchev–Trinajstić information content (AvgIpc) is 2.48. The summed E-state index contributed by atoms with van der Waals surface area (Å²) in [6.45, 7) is 2.51. The van der Waals surface area contributed by atoms with Gasteiger partial charge in [-0.25, -0.2) is 8.78 Å². The molecule has 21 heavy (non-hydrogen) atoms. The molecule has 0 aliphatic rings. The zero-order valence-electron chi connectivity index (χ0n) is 11.8. The number of halogens is 3. The summed E-state index contributed by atoms with van der Waals surface area (Å²) in [5, 5.41) is 3.28. The van der Waals surface area contributed by atoms with E-state index in [9.17, 15) is 8.78 Å². The first kappa shape index (κ1) is 15.9. The third-order valence-electron chi connectivity index (χ3n) is 3.27. The largest absolute Gasteiger partial charge is 0.494 e. The fourth-order valence-corrected chi connectivity index (χ4v) is 2.42. The van der Waals surface area contributed by atoms with E-state index < -0.39 is 0 Å². The van der Waals surface area contributed by atoms with Gasteiger partial charge in [0, 0.05) is 12.6 Å². The maximum Gasteiger partial charge on any atom is 0.165 e. The Hall–Kier alpha value is -1.46. The van der Waals surface area contributed by atoms with Gasteiger partial charge >= 0.3 is 0 Å². The Morgan fingerprint density at radius 2 is 1.90 bits per heavy atom. The summed E-state index contributed by atoms with van der Waals surface area (Å²) in [6, 6.07) is 9.71. The van der Waals surface area contributed by atoms with E-state index in [1.165, 1.54) is 19.2 Å². The van der Waals surface area contributed by atoms with Gasteiger partial charge in [0.1, 0.15) is 5.82 Å². The molecule has 0 fully saturated rings. The molecular weight excluding hydrogens is 340 g/mol. The second kappa shape index (κ2) is 7.00. The van der Waals surface area contributed by atoms with Crippen molar-refractivity contribution in [2.75, 3.05) is 7.11 Å². The number of methoxy groups -OCH3 is 1. The quantitative estimate of drug-likeness (QED) is 0.846. The van der Waals surface area contributed by atoms with E-state index in [2.05, 4.69) is 21.2 Å². The molecule has 0 bridgehead atoms. The third kappa shape index (κ3) is 4.02. The highest BCUT2D eigenvalue weighted by molar-refractivity contribution is 9.10. The van der Waals surface area contributed by atoms with Gasteiger partial charge in [-0.3, -0.25) is 0 Å². The fraction of sp³-hybridized carbons (Fsp3) is 0.250. The lowest BCUT2D eigenvalue weighted by atomic mass is 10.1. The molecule has 0 aromatic heterocycles. The van der Waals surface area contributed by atoms with Gasteiger partial charge in [-0.05, 0) is 58.2 Å². The normalized spacial score (nSPS) is 12.2. The smallest absolute Gasteiger partial charge is 0.165 e. The van der Waals surface area contributed by atoms with Crippen LogP contribution < -0.4 is 10.1 Å². The van der Waals surface area contributed by atoms with Crippen molar-refractivity contribution in [3.05, 3.63) is 63.6 Å². The van der Waals surface area contributed by atoms with E-state index in [4.69, 9.17) is 4.74 Å². The molecule has 0 saturated heterocycles. The highest BCUT2D eigenvalue weighted by Gasteiger charge is 2.09. The second-order valence-corrected chi connectivity index (χ2v) is 5.60. The summed E-state index contributed by atoms with van der Waals surface area (Å²) in [6.07, 6.45) is 0. The van der Waals surface area contributed by atoms with E-state index in [-0.39, 0.29) is 23.4 Å². The topological polar surface area (TPSA) is 21.3 Å². The number of rotatable bonds is 5. The number of ether oxygens (including phenoxy) is 1. The van der Waals surface area contributed by atoms with Crippen LogP contribution in [0.2, 0.25) is 0 Å². The number of benzene rings is 2. The van der Waals surface area contributed by atoms with Crippen LogP contribution in [0, 0.1) is 11.6 Å². The molecule has 1 atom stereocenters. The Morgan fingerprint density at radius 1 is 1.14 bits per heavy atom. The lowest BCUT2D eigenvalue weighted by Gasteiger charge is -2.15. The molecular formula is C16H16BrF2NO. The zero-order valence-corrected chi connectivity index (χ0v) is 13.4. The van der Waals surface area contributed by atoms with Crippen molar-refractivity contribution in [1.29, 1.82) is 0 Å². The SMILES string of the molecule is COc1ccc(C(C)NCc2ccc(F)c(Br)c2)cc1F. The first-order chi connectivity index (χ1) is 10.0. The summed E-state index contributed by atoms with van der Waals surface area (Å²) in [7, 11) is 1.44. The molecule has 0 radical (unpaired) electrons. The van der Waals surface area contributed by atoms with Crippen LogP contribution in [0.25, 0.3) is 0 Å². The Bertz CT molecular complexity index is 634. The number of hydrogen-bond acceptors (Lipinski definition) is 2. The second-order valence-electron chi connectivity index (χ2n) is 4.75. The maximum atomic E-state index is 13.7. The molecule has 0 saturated carbocycles. The van der Waals surface area contributed by atoms with Gasteiger partial charge in [0.05, 0.1) is 11.6 Å². The summed E-state index contributed by atoms with van der Waals surface area (Å²) >= 11 is 3.16. The Kier molecular flexibility index (Phi) is 5.31. The molecule has 2 aromatic carbocycles. The third-order valence-corrected chi connectivity index (χ3v) is 3.88. The minimum atomic E-state index is -0.381. The van der Waals surface area contributed by atoms with Crippen LogP contribution in [0.5, 0.6) is 5.75 Å². The van der Waals surface area contributed by atoms with Gasteiger partial charge < -0.3 is 10.1 Å². The van der Waals surface area contributed by atoms with Gasteiger partial charge in [-0.15, -0.1) is 0 Å². The lowest BCUT2D eigenvalue weighted by molar-refractivity contribution is 0.385. The molecule has 0 amide bonds. The van der Waals surface area contributed by atoms with Crippen molar-refractivity contribution in [2.24, 2.45) is 0 Å². The van der Waals surface area contributed by atoms with Crippen LogP contribution >= 0.6 is 15.9 Å². The highest BCUT2D eigenvalue weighted by Crippen LogP contribution is 2.22. The van der Waals surface area contributed by atoms with Crippen molar-refractivity contribution < 1.29 is 13.5 Å². The molecule has 2 nitrogen and oxygen atoms in total. The molecule has 5 heteroatoms. The average molecular weight is 356 g/mol. The van der Waals surface area contributed by atoms with E-state index >= 15 is 0 Å². The van der Waals surface area contributed by atoms with Gasteiger partial charge in [0.2, 0.25) is 0 Å². The van der Waals surface area contributed by atoms with E-state index in [1.807, 2.05) is 13.0 Å². The molecule has 1 unspecified atom stereocenters. The first-order valence-electron chi connectivity index (χ1n) is 6.52. The molecule has 1 N–H and O–H groups in total. The molecule has 2 aromatic rings. The Labute approximate surface area is 131 Å². The van der Waals surface area contributed by atoms with Crippen molar-refractivity contribution in [3.8, 4) is 5.75 Å². The van der Waals surface area contributed by atoms with Crippen LogP contribution in [0.3, 0.4) is 0 Å². The van der Waals surface area contributed by atoms with E-state index in [0.29, 0.717) is 11.0 Å². The summed E-state index contributed by atoms with van der Waals surface area (Å²) in [4.78, 5) is 0. The van der Waals surface area contributed by atoms with Crippen molar-refractivity contribution in [1.82, 2.24) is 5.32 Å². The minimum absolute atomic E-state index is 0.0331. The van der Waals surface area contributed by atoms with Crippen molar-refractivity contribution in [2.45, 2.75) is 19.5 Å². The molecule has 0 heterocycles. The number of nitrogens with one attached hydrogen (secondary N) is 1. The van der Waals surface area contributed by atoms with Gasteiger partial charge in [-0.2, -0.15) is 0 Å². The molecule has 0 aliphatic carbocycles. The van der Waals surface area contributed by atoms with Gasteiger partial charge in [0.15, 0.2) is 11.6 Å². The van der Waals surface area contributed by atoms with Crippen LogP contribution in [0.4, 0.5) is 8.78 Å². The predicted molar refractivity (Wildman–Crippen MR) is 82.3 cm³/mol. The predicted octanol–water partition coefficient (Wildman–Crippen LogP) is 4.59. The Morgan fingerprint density at radius 3 is 2.52 bits per heavy atom. The van der Waals surface area contributed by atoms with E-state index in [1.54, 1.807) is 18.2 Å². The van der Waals surface area contributed by atoms with Gasteiger partial charge in [0.25, 0.3) is 0 Å². The van der Waals surface area contributed by atoms with Crippen LogP contribution in [-0.2, 0) is 6.54 Å². The molecule has 112 valence electrons. The van der Waals surface area contributed by atoms with Crippen molar-refractivity contribution >= 4 is 15.9 Å². The fourth-order valence-electron chi connectivity index (χ4n) is 1.99. The zero-order chi connectivity index (χ0) is 15.4. The number of hydrogen-bond donors (Lipinski definition) is 1. The standard InChI is InChI=1S/C16H16BrF2NO/c1-10(12-4-6-16(21-2)15(19)8-12)20-9-11-3-5-14(18)13(17)7-11/h3-8,10,20H,9H2,1-2H3. The van der Waals surface area contributed by atoms with E-state index in [0.717, 1.165) is 11.1 Å². The molecule has 2 rings (SSSR count). The molecule has 0 spiro atoms. The molecule has 0 aliphatic heterocycles. The minimum Gasteiger partial charge on any atom is -0.494 e. The first-order valence-corrected chi connectivity index (χ1v) is 7.31. The van der Waals surface area contributed by atoms with Crippen molar-refractivity contribution in [3.63, 3.8) is 0 Å². The van der Waals surface area contributed by atoms with Gasteiger partial charge in [-0.1, -0.05) is 12.1 Å². The van der Waals surface area contributed by atoms with Crippen LogP contribution in [-0.4, -0.2) is 7.11 Å². The maximum absolute atomic E-state index is 13.7.